The third kappa shape index (κ3) is 4.75. The van der Waals surface area contributed by atoms with Crippen LogP contribution < -0.4 is 10.6 Å². The summed E-state index contributed by atoms with van der Waals surface area (Å²) < 4.78 is 0. The van der Waals surface area contributed by atoms with E-state index in [1.165, 1.54) is 0 Å². The standard InChI is InChI=1S/C15H24ClN3/c1-5-10-18-14(17-4)19-11-15(2,3)12-8-6-7-9-13(12)16/h6-9H,5,10-11H2,1-4H3,(H2,17,18,19). The van der Waals surface area contributed by atoms with Gasteiger partial charge in [0, 0.05) is 30.6 Å². The maximum Gasteiger partial charge on any atom is 0.191 e. The van der Waals surface area contributed by atoms with Gasteiger partial charge in [0.25, 0.3) is 0 Å². The van der Waals surface area contributed by atoms with Gasteiger partial charge in [-0.15, -0.1) is 0 Å². The number of hydrogen-bond acceptors (Lipinski definition) is 1. The molecule has 0 amide bonds. The lowest BCUT2D eigenvalue weighted by molar-refractivity contribution is 0.509. The Hall–Kier alpha value is -1.22. The number of aliphatic imine (C=N–C) groups is 1. The number of benzene rings is 1. The van der Waals surface area contributed by atoms with Gasteiger partial charge in [-0.2, -0.15) is 0 Å². The summed E-state index contributed by atoms with van der Waals surface area (Å²) in [5.74, 6) is 0.835. The van der Waals surface area contributed by atoms with Gasteiger partial charge in [0.1, 0.15) is 0 Å². The maximum absolute atomic E-state index is 6.27. The fourth-order valence-corrected chi connectivity index (χ4v) is 2.27. The third-order valence-electron chi connectivity index (χ3n) is 3.07. The molecule has 0 aliphatic carbocycles. The molecule has 0 fully saturated rings. The molecule has 0 aliphatic heterocycles. The number of guanidine groups is 1. The van der Waals surface area contributed by atoms with Gasteiger partial charge in [0.2, 0.25) is 0 Å². The number of rotatable bonds is 5. The molecule has 0 aromatic heterocycles. The minimum absolute atomic E-state index is 0.0534. The van der Waals surface area contributed by atoms with Gasteiger partial charge in [0.05, 0.1) is 0 Å². The highest BCUT2D eigenvalue weighted by atomic mass is 35.5. The predicted octanol–water partition coefficient (Wildman–Crippen LogP) is 3.19. The Balaban J connectivity index is 2.67. The van der Waals surface area contributed by atoms with Crippen LogP contribution in [-0.4, -0.2) is 26.1 Å². The second-order valence-electron chi connectivity index (χ2n) is 5.22. The summed E-state index contributed by atoms with van der Waals surface area (Å²) in [6.07, 6.45) is 1.08. The molecule has 1 aromatic carbocycles. The first-order chi connectivity index (χ1) is 9.01. The molecule has 2 N–H and O–H groups in total. The van der Waals surface area contributed by atoms with Gasteiger partial charge in [-0.05, 0) is 18.1 Å². The number of halogens is 1. The zero-order valence-electron chi connectivity index (χ0n) is 12.3. The van der Waals surface area contributed by atoms with Crippen LogP contribution in [0.25, 0.3) is 0 Å². The smallest absolute Gasteiger partial charge is 0.191 e. The lowest BCUT2D eigenvalue weighted by Gasteiger charge is -2.27. The number of nitrogens with zero attached hydrogens (tertiary/aromatic N) is 1. The molecule has 19 heavy (non-hydrogen) atoms. The van der Waals surface area contributed by atoms with Crippen LogP contribution in [-0.2, 0) is 5.41 Å². The van der Waals surface area contributed by atoms with E-state index in [2.05, 4.69) is 42.5 Å². The van der Waals surface area contributed by atoms with E-state index in [0.717, 1.165) is 36.1 Å². The summed E-state index contributed by atoms with van der Waals surface area (Å²) in [5.41, 5.74) is 1.09. The highest BCUT2D eigenvalue weighted by molar-refractivity contribution is 6.31. The van der Waals surface area contributed by atoms with Gasteiger partial charge in [-0.3, -0.25) is 4.99 Å². The summed E-state index contributed by atoms with van der Waals surface area (Å²) in [7, 11) is 1.79. The average molecular weight is 282 g/mol. The van der Waals surface area contributed by atoms with Crippen molar-refractivity contribution >= 4 is 17.6 Å². The molecule has 0 radical (unpaired) electrons. The first-order valence-corrected chi connectivity index (χ1v) is 7.08. The quantitative estimate of drug-likeness (QED) is 0.642. The fraction of sp³-hybridized carbons (Fsp3) is 0.533. The van der Waals surface area contributed by atoms with Crippen molar-refractivity contribution in [3.05, 3.63) is 34.9 Å². The van der Waals surface area contributed by atoms with Crippen LogP contribution in [0.4, 0.5) is 0 Å². The molecule has 0 heterocycles. The van der Waals surface area contributed by atoms with Crippen LogP contribution in [0, 0.1) is 0 Å². The second-order valence-corrected chi connectivity index (χ2v) is 5.62. The van der Waals surface area contributed by atoms with Crippen molar-refractivity contribution in [1.29, 1.82) is 0 Å². The van der Waals surface area contributed by atoms with Gasteiger partial charge in [0.15, 0.2) is 5.96 Å². The Morgan fingerprint density at radius 3 is 2.53 bits per heavy atom. The molecule has 0 unspecified atom stereocenters. The van der Waals surface area contributed by atoms with Crippen molar-refractivity contribution in [1.82, 2.24) is 10.6 Å². The van der Waals surface area contributed by atoms with Gasteiger partial charge in [-0.25, -0.2) is 0 Å². The molecule has 0 spiro atoms. The second kappa shape index (κ2) is 7.39. The average Bonchev–Trinajstić information content (AvgIpc) is 2.39. The Morgan fingerprint density at radius 1 is 1.26 bits per heavy atom. The van der Waals surface area contributed by atoms with E-state index >= 15 is 0 Å². The minimum Gasteiger partial charge on any atom is -0.356 e. The van der Waals surface area contributed by atoms with Crippen molar-refractivity contribution in [3.8, 4) is 0 Å². The topological polar surface area (TPSA) is 36.4 Å². The third-order valence-corrected chi connectivity index (χ3v) is 3.40. The fourth-order valence-electron chi connectivity index (χ4n) is 1.87. The van der Waals surface area contributed by atoms with E-state index in [0.29, 0.717) is 0 Å². The van der Waals surface area contributed by atoms with Crippen LogP contribution >= 0.6 is 11.6 Å². The van der Waals surface area contributed by atoms with Crippen LogP contribution in [0.15, 0.2) is 29.3 Å². The molecular formula is C15H24ClN3. The Kier molecular flexibility index (Phi) is 6.16. The molecule has 0 saturated heterocycles. The zero-order chi connectivity index (χ0) is 14.3. The maximum atomic E-state index is 6.27. The van der Waals surface area contributed by atoms with Crippen LogP contribution in [0.1, 0.15) is 32.8 Å². The molecule has 1 aromatic rings. The van der Waals surface area contributed by atoms with E-state index in [1.807, 2.05) is 18.2 Å². The first kappa shape index (κ1) is 15.8. The van der Waals surface area contributed by atoms with Crippen LogP contribution in [0.2, 0.25) is 5.02 Å². The van der Waals surface area contributed by atoms with E-state index in [-0.39, 0.29) is 5.41 Å². The summed E-state index contributed by atoms with van der Waals surface area (Å²) in [6, 6.07) is 7.99. The van der Waals surface area contributed by atoms with E-state index in [9.17, 15) is 0 Å². The molecular weight excluding hydrogens is 258 g/mol. The Bertz CT molecular complexity index is 427. The van der Waals surface area contributed by atoms with E-state index in [1.54, 1.807) is 7.05 Å². The molecule has 0 bridgehead atoms. The Morgan fingerprint density at radius 2 is 1.95 bits per heavy atom. The van der Waals surface area contributed by atoms with Gasteiger partial charge < -0.3 is 10.6 Å². The SMILES string of the molecule is CCCNC(=NC)NCC(C)(C)c1ccccc1Cl. The van der Waals surface area contributed by atoms with Gasteiger partial charge >= 0.3 is 0 Å². The van der Waals surface area contributed by atoms with Crippen molar-refractivity contribution in [2.24, 2.45) is 4.99 Å². The highest BCUT2D eigenvalue weighted by Crippen LogP contribution is 2.28. The monoisotopic (exact) mass is 281 g/mol. The van der Waals surface area contributed by atoms with Crippen LogP contribution in [0.5, 0.6) is 0 Å². The molecule has 1 rings (SSSR count). The lowest BCUT2D eigenvalue weighted by Crippen LogP contribution is -2.43. The molecule has 4 heteroatoms. The van der Waals surface area contributed by atoms with Gasteiger partial charge in [-0.1, -0.05) is 50.6 Å². The molecule has 3 nitrogen and oxygen atoms in total. The van der Waals surface area contributed by atoms with Crippen LogP contribution in [0.3, 0.4) is 0 Å². The van der Waals surface area contributed by atoms with E-state index < -0.39 is 0 Å². The van der Waals surface area contributed by atoms with Crippen molar-refractivity contribution in [2.75, 3.05) is 20.1 Å². The number of nitrogens with one attached hydrogen (secondary N) is 2. The van der Waals surface area contributed by atoms with Crippen molar-refractivity contribution in [3.63, 3.8) is 0 Å². The largest absolute Gasteiger partial charge is 0.356 e. The molecule has 0 aliphatic rings. The highest BCUT2D eigenvalue weighted by Gasteiger charge is 2.23. The predicted molar refractivity (Wildman–Crippen MR) is 84.1 cm³/mol. The summed E-state index contributed by atoms with van der Waals surface area (Å²) in [6.45, 7) is 8.18. The molecule has 0 saturated carbocycles. The summed E-state index contributed by atoms with van der Waals surface area (Å²) in [5, 5.41) is 7.43. The zero-order valence-corrected chi connectivity index (χ0v) is 13.0. The van der Waals surface area contributed by atoms with Crippen molar-refractivity contribution in [2.45, 2.75) is 32.6 Å². The summed E-state index contributed by atoms with van der Waals surface area (Å²) in [4.78, 5) is 4.21. The normalized spacial score (nSPS) is 12.4. The van der Waals surface area contributed by atoms with E-state index in [4.69, 9.17) is 11.6 Å². The van der Waals surface area contributed by atoms with Crippen molar-refractivity contribution < 1.29 is 0 Å². The first-order valence-electron chi connectivity index (χ1n) is 6.70. The number of hydrogen-bond donors (Lipinski definition) is 2. The Labute approximate surface area is 121 Å². The lowest BCUT2D eigenvalue weighted by atomic mass is 9.84. The molecule has 106 valence electrons. The summed E-state index contributed by atoms with van der Waals surface area (Å²) >= 11 is 6.27. The minimum atomic E-state index is -0.0534. The molecule has 0 atom stereocenters.